The van der Waals surface area contributed by atoms with E-state index in [0.29, 0.717) is 18.6 Å². The van der Waals surface area contributed by atoms with Crippen LogP contribution in [0.3, 0.4) is 0 Å². The van der Waals surface area contributed by atoms with E-state index in [-0.39, 0.29) is 13.2 Å². The van der Waals surface area contributed by atoms with E-state index in [4.69, 9.17) is 81.9 Å². The Morgan fingerprint density at radius 1 is 0.375 bits per heavy atom. The summed E-state index contributed by atoms with van der Waals surface area (Å²) in [6, 6.07) is -1.86. The van der Waals surface area contributed by atoms with Crippen LogP contribution in [0.4, 0.5) is 0 Å². The summed E-state index contributed by atoms with van der Waals surface area (Å²) in [6.45, 7) is -4.44. The summed E-state index contributed by atoms with van der Waals surface area (Å²) < 4.78 is 116. The lowest BCUT2D eigenvalue weighted by Crippen LogP contribution is -2.69. The molecular weight excluding hydrogens is 1370 g/mol. The van der Waals surface area contributed by atoms with E-state index in [2.05, 4.69) is 17.2 Å². The summed E-state index contributed by atoms with van der Waals surface area (Å²) in [6.07, 6.45) is -62.5. The highest BCUT2D eigenvalue weighted by Crippen LogP contribution is 2.49. The van der Waals surface area contributed by atoms with Crippen LogP contribution in [-0.4, -0.2) is 381 Å². The predicted octanol–water partition coefficient (Wildman–Crippen LogP) is -11.6. The molecule has 6 heterocycles. The fourth-order valence-electron chi connectivity index (χ4n) is 11.8. The minimum Gasteiger partial charge on any atom is -0.394 e. The topological polar surface area (TPSA) is 659 Å². The second kappa shape index (κ2) is 36.8. The molecule has 7 fully saturated rings. The van der Waals surface area contributed by atoms with Crippen LogP contribution in [0.2, 0.25) is 0 Å². The number of aliphatic hydroxyl groups is 19. The third kappa shape index (κ3) is 19.6. The summed E-state index contributed by atoms with van der Waals surface area (Å²) >= 11 is 4.15. The molecule has 1 saturated carbocycles. The Bertz CT molecular complexity index is 2420. The second-order valence-electron chi connectivity index (χ2n) is 24.4. The maximum Gasteiger partial charge on any atom is 0.472 e. The van der Waals surface area contributed by atoms with Gasteiger partial charge in [-0.2, -0.15) is 12.6 Å². The van der Waals surface area contributed by atoms with Crippen LogP contribution in [0.5, 0.6) is 0 Å². The molecular formula is C52H96N2O39P2S. The number of phosphoric ester groups is 2. The van der Waals surface area contributed by atoms with Crippen LogP contribution in [-0.2, 0) is 84.1 Å². The van der Waals surface area contributed by atoms with E-state index >= 15 is 0 Å². The van der Waals surface area contributed by atoms with Gasteiger partial charge < -0.3 is 175 Å². The van der Waals surface area contributed by atoms with Gasteiger partial charge in [-0.1, -0.05) is 26.7 Å². The van der Waals surface area contributed by atoms with Crippen molar-refractivity contribution in [3.8, 4) is 0 Å². The molecule has 0 aromatic heterocycles. The minimum atomic E-state index is -5.07. The molecule has 0 spiro atoms. The van der Waals surface area contributed by atoms with Crippen LogP contribution in [0.15, 0.2) is 0 Å². The number of aliphatic hydroxyl groups excluding tert-OH is 19. The van der Waals surface area contributed by atoms with Gasteiger partial charge >= 0.3 is 15.6 Å². The lowest BCUT2D eigenvalue weighted by Gasteiger charge is -2.50. The molecule has 96 heavy (non-hydrogen) atoms. The van der Waals surface area contributed by atoms with Gasteiger partial charge in [-0.15, -0.1) is 0 Å². The van der Waals surface area contributed by atoms with Gasteiger partial charge in [0.1, 0.15) is 146 Å². The van der Waals surface area contributed by atoms with Crippen molar-refractivity contribution in [3.05, 3.63) is 0 Å². The van der Waals surface area contributed by atoms with Gasteiger partial charge in [-0.25, -0.2) is 9.13 Å². The first kappa shape index (κ1) is 82.5. The molecule has 25 N–H and O–H groups in total. The van der Waals surface area contributed by atoms with Crippen molar-refractivity contribution < 1.29 is 191 Å². The summed E-state index contributed by atoms with van der Waals surface area (Å²) in [4.78, 5) is 20.8. The van der Waals surface area contributed by atoms with Crippen LogP contribution in [0.1, 0.15) is 39.5 Å². The Hall–Kier alpha value is -0.750. The number of unbranched alkanes of at least 4 members (excludes halogenated alkanes) is 3. The first-order valence-corrected chi connectivity index (χ1v) is 34.7. The zero-order valence-corrected chi connectivity index (χ0v) is 54.6. The molecule has 0 radical (unpaired) electrons. The highest BCUT2D eigenvalue weighted by Gasteiger charge is 2.59. The third-order valence-electron chi connectivity index (χ3n) is 17.7. The van der Waals surface area contributed by atoms with Crippen molar-refractivity contribution in [2.24, 2.45) is 23.3 Å². The summed E-state index contributed by atoms with van der Waals surface area (Å²) in [7, 11) is -9.95. The summed E-state index contributed by atoms with van der Waals surface area (Å²) in [5.41, 5.74) is 11.8. The van der Waals surface area contributed by atoms with Crippen molar-refractivity contribution in [3.63, 3.8) is 0 Å². The van der Waals surface area contributed by atoms with Gasteiger partial charge in [0.2, 0.25) is 0 Å². The molecule has 0 aromatic rings. The average Bonchev–Trinajstić information content (AvgIpc) is 0.788. The van der Waals surface area contributed by atoms with Gasteiger partial charge in [0.15, 0.2) is 37.7 Å². The van der Waals surface area contributed by atoms with E-state index < -0.39 is 282 Å². The lowest BCUT2D eigenvalue weighted by molar-refractivity contribution is -0.391. The van der Waals surface area contributed by atoms with Crippen molar-refractivity contribution in [2.45, 2.75) is 248 Å². The van der Waals surface area contributed by atoms with Gasteiger partial charge in [0.25, 0.3) is 0 Å². The molecule has 7 aliphatic rings. The van der Waals surface area contributed by atoms with Gasteiger partial charge in [-0.3, -0.25) is 18.1 Å². The summed E-state index contributed by atoms with van der Waals surface area (Å²) in [5, 5.41) is 209. The number of hydrogen-bond acceptors (Lipinski definition) is 40. The number of nitrogens with two attached hydrogens (primary N) is 2. The van der Waals surface area contributed by atoms with Crippen LogP contribution < -0.4 is 11.5 Å². The zero-order chi connectivity index (χ0) is 71.0. The molecule has 17 unspecified atom stereocenters. The molecule has 6 saturated heterocycles. The quantitative estimate of drug-likeness (QED) is 0.0169. The van der Waals surface area contributed by atoms with E-state index in [0.717, 1.165) is 12.8 Å². The van der Waals surface area contributed by atoms with Crippen molar-refractivity contribution in [2.75, 3.05) is 65.2 Å². The smallest absolute Gasteiger partial charge is 0.394 e. The van der Waals surface area contributed by atoms with Gasteiger partial charge in [-0.05, 0) is 18.6 Å². The molecule has 6 aliphatic heterocycles. The number of hydrogen-bond donors (Lipinski definition) is 24. The van der Waals surface area contributed by atoms with Crippen LogP contribution in [0, 0.1) is 11.8 Å². The van der Waals surface area contributed by atoms with Crippen molar-refractivity contribution in [1.29, 1.82) is 0 Å². The Morgan fingerprint density at radius 3 is 1.36 bits per heavy atom. The Morgan fingerprint density at radius 2 is 0.792 bits per heavy atom. The Labute approximate surface area is 554 Å². The molecule has 0 aromatic carbocycles. The molecule has 41 nitrogen and oxygen atoms in total. The lowest BCUT2D eigenvalue weighted by atomic mass is 9.79. The first-order valence-electron chi connectivity index (χ1n) is 31.1. The molecule has 0 amide bonds. The van der Waals surface area contributed by atoms with Crippen molar-refractivity contribution in [1.82, 2.24) is 0 Å². The highest BCUT2D eigenvalue weighted by atomic mass is 32.1. The van der Waals surface area contributed by atoms with E-state index in [9.17, 15) is 116 Å². The number of thiol groups is 1. The monoisotopic (exact) mass is 1470 g/mol. The minimum absolute atomic E-state index is 0.215. The largest absolute Gasteiger partial charge is 0.472 e. The van der Waals surface area contributed by atoms with Gasteiger partial charge in [0.05, 0.1) is 77.2 Å². The Balaban J connectivity index is 1.14. The zero-order valence-electron chi connectivity index (χ0n) is 51.9. The standard InChI is InChI=1S/C52H96N2O39P2S/c1-17-26(59)35(68)44(45(27(17)60)93-95(76,77)79-8-5-3-4-6-10-96)91-48-25(54)32(65)42(22(14-58)85-48)90-51-40(73)37(70)43(88-47-18(2)28(61)41(21(13-57)84-47)89-49-38(71)33(66)29(62)19(11-55)82-49)24(87-51)15-78-52-46(36(69)30(63)20(12-56)83-52)92-50-39(72)34(67)31(64)23(86-50)16-81-94(74,75)80-9-7-53/h17-52,55-73,96H,3-16,53-54H2,1-2H3,(H,74,75)(H,76,77)/t17-,18?,19?,20?,21?,22?,23?,24?,25?,26?,27?,28-,29-,30-,31-,32-,33+,34+,35?,36+,37-,38?,39?,40?,41+,42-,43-,44-,45-,46?,47+,48-,49-,50-,51-,52+/m1/s1. The maximum absolute atomic E-state index is 13.2. The van der Waals surface area contributed by atoms with Crippen LogP contribution in [0.25, 0.3) is 0 Å². The SMILES string of the molecule is CC1[C@H](O[C@@H]2C(CO[C@H]3OC(CO)[C@@H](O)[C@H](O)C3O[C@H]3OC(COP(=O)(O)OCCN)[C@@H](O)[C@H](O)C3O)O[C@H](O[C@@H]3C(CO)O[C@H](O[C@@H]4C(O)C(O)[C@@H](C)C(O)[C@H]4OP(=O)(O)OCCCCCCS)C(N)[C@H]3O)C(O)[C@H]2O)OC(CO)[C@H](O[C@H]2OC(CO)[C@@H](O)[C@H](O)C2O)[C@@H]1O. The molecule has 0 bridgehead atoms. The third-order valence-corrected chi connectivity index (χ3v) is 20.0. The highest BCUT2D eigenvalue weighted by molar-refractivity contribution is 7.80. The Kier molecular flexibility index (Phi) is 31.6. The van der Waals surface area contributed by atoms with Crippen LogP contribution >= 0.6 is 28.3 Å². The van der Waals surface area contributed by atoms with E-state index in [1.165, 1.54) is 13.8 Å². The fourth-order valence-corrected chi connectivity index (χ4v) is 13.8. The number of phosphoric acid groups is 2. The molecule has 7 rings (SSSR count). The predicted molar refractivity (Wildman–Crippen MR) is 311 cm³/mol. The molecule has 38 atom stereocenters. The fraction of sp³-hybridized carbons (Fsp3) is 1.00. The maximum atomic E-state index is 13.2. The molecule has 564 valence electrons. The van der Waals surface area contributed by atoms with Gasteiger partial charge in [0, 0.05) is 18.4 Å². The van der Waals surface area contributed by atoms with E-state index in [1.54, 1.807) is 0 Å². The van der Waals surface area contributed by atoms with E-state index in [1.807, 2.05) is 0 Å². The summed E-state index contributed by atoms with van der Waals surface area (Å²) in [5.74, 6) is -1.95. The second-order valence-corrected chi connectivity index (χ2v) is 27.7. The number of rotatable bonds is 32. The average molecular weight is 1470 g/mol. The van der Waals surface area contributed by atoms with Crippen molar-refractivity contribution >= 4 is 28.3 Å². The number of ether oxygens (including phenoxy) is 12. The molecule has 44 heteroatoms. The normalized spacial score (nSPS) is 47.9. The molecule has 1 aliphatic carbocycles. The first-order chi connectivity index (χ1) is 45.3.